The Morgan fingerprint density at radius 1 is 1.26 bits per heavy atom. The number of esters is 1. The number of rotatable bonds is 7. The molecule has 1 aliphatic carbocycles. The number of allylic oxidation sites excluding steroid dienone is 2. The van der Waals surface area contributed by atoms with Crippen LogP contribution in [0.5, 0.6) is 0 Å². The first-order chi connectivity index (χ1) is 13.1. The number of carbonyl (C=O) groups is 2. The molecular weight excluding hydrogens is 344 g/mol. The lowest BCUT2D eigenvalue weighted by molar-refractivity contribution is -0.148. The summed E-state index contributed by atoms with van der Waals surface area (Å²) in [4.78, 5) is 34.4. The van der Waals surface area contributed by atoms with Crippen molar-refractivity contribution in [3.8, 4) is 0 Å². The molecule has 1 aliphatic heterocycles. The highest BCUT2D eigenvalue weighted by Gasteiger charge is 2.43. The summed E-state index contributed by atoms with van der Waals surface area (Å²) in [5.74, 6) is -1.29. The van der Waals surface area contributed by atoms with Crippen LogP contribution in [0.3, 0.4) is 0 Å². The predicted octanol–water partition coefficient (Wildman–Crippen LogP) is 3.23. The third-order valence-corrected chi connectivity index (χ3v) is 4.95. The Morgan fingerprint density at radius 3 is 2.85 bits per heavy atom. The topological polar surface area (TPSA) is 77.9 Å². The van der Waals surface area contributed by atoms with Crippen molar-refractivity contribution in [2.24, 2.45) is 10.9 Å². The van der Waals surface area contributed by atoms with Gasteiger partial charge in [0.05, 0.1) is 6.61 Å². The molecule has 27 heavy (non-hydrogen) atoms. The van der Waals surface area contributed by atoms with E-state index >= 15 is 0 Å². The first kappa shape index (κ1) is 19.4. The molecule has 2 heterocycles. The highest BCUT2D eigenvalue weighted by Crippen LogP contribution is 2.43. The van der Waals surface area contributed by atoms with Crippen molar-refractivity contribution in [3.63, 3.8) is 0 Å². The maximum atomic E-state index is 12.9. The molecule has 0 saturated carbocycles. The van der Waals surface area contributed by atoms with E-state index in [1.165, 1.54) is 0 Å². The second-order valence-electron chi connectivity index (χ2n) is 6.91. The zero-order chi connectivity index (χ0) is 19.2. The molecule has 6 heteroatoms. The first-order valence-electron chi connectivity index (χ1n) is 9.59. The minimum atomic E-state index is -0.610. The van der Waals surface area contributed by atoms with Crippen molar-refractivity contribution < 1.29 is 19.1 Å². The van der Waals surface area contributed by atoms with Gasteiger partial charge in [-0.1, -0.05) is 13.0 Å². The van der Waals surface area contributed by atoms with Gasteiger partial charge in [-0.2, -0.15) is 0 Å². The number of ether oxygens (including phenoxy) is 2. The lowest BCUT2D eigenvalue weighted by atomic mass is 9.72. The van der Waals surface area contributed by atoms with Gasteiger partial charge in [-0.05, 0) is 37.8 Å². The van der Waals surface area contributed by atoms with Crippen LogP contribution in [0.25, 0.3) is 0 Å². The van der Waals surface area contributed by atoms with Gasteiger partial charge in [0.15, 0.2) is 5.78 Å². The number of pyridine rings is 1. The van der Waals surface area contributed by atoms with Gasteiger partial charge in [-0.15, -0.1) is 0 Å². The number of aromatic nitrogens is 1. The summed E-state index contributed by atoms with van der Waals surface area (Å²) in [5.41, 5.74) is 3.01. The third kappa shape index (κ3) is 4.33. The number of ketones is 1. The molecule has 0 spiro atoms. The highest BCUT2D eigenvalue weighted by molar-refractivity contribution is 6.08. The Morgan fingerprint density at radius 2 is 2.11 bits per heavy atom. The van der Waals surface area contributed by atoms with Crippen molar-refractivity contribution in [2.45, 2.75) is 45.4 Å². The van der Waals surface area contributed by atoms with E-state index in [0.717, 1.165) is 30.5 Å². The minimum Gasteiger partial charge on any atom is -0.463 e. The Balaban J connectivity index is 1.87. The molecular formula is C21H26N2O4. The van der Waals surface area contributed by atoms with E-state index in [2.05, 4.69) is 9.98 Å². The quantitative estimate of drug-likeness (QED) is 0.544. The van der Waals surface area contributed by atoms with E-state index in [1.807, 2.05) is 26.0 Å². The van der Waals surface area contributed by atoms with Crippen LogP contribution in [-0.2, 0) is 19.1 Å². The van der Waals surface area contributed by atoms with Gasteiger partial charge in [0.25, 0.3) is 0 Å². The molecule has 0 aromatic carbocycles. The maximum absolute atomic E-state index is 12.9. The molecule has 1 aromatic rings. The Labute approximate surface area is 159 Å². The normalized spacial score (nSPS) is 22.3. The standard InChI is InChI=1S/C21H26N2O4/c1-3-10-26-11-12-27-21(25)18-14(2)23-16-7-4-8-17(24)20(16)19(18)15-6-5-9-22-13-15/h5-6,9,13,18-19H,3-4,7-8,10-12H2,1-2H3/t18?,19-/m1/s1. The van der Waals surface area contributed by atoms with Crippen molar-refractivity contribution in [1.82, 2.24) is 4.98 Å². The lowest BCUT2D eigenvalue weighted by Gasteiger charge is -2.34. The minimum absolute atomic E-state index is 0.0745. The number of hydrogen-bond acceptors (Lipinski definition) is 6. The number of aliphatic imine (C=N–C) groups is 1. The molecule has 2 atom stereocenters. The Hall–Kier alpha value is -2.34. The molecule has 3 rings (SSSR count). The molecule has 0 amide bonds. The third-order valence-electron chi connectivity index (χ3n) is 4.95. The average molecular weight is 370 g/mol. The number of carbonyl (C=O) groups excluding carboxylic acids is 2. The van der Waals surface area contributed by atoms with E-state index in [-0.39, 0.29) is 24.3 Å². The lowest BCUT2D eigenvalue weighted by Crippen LogP contribution is -2.37. The fourth-order valence-corrected chi connectivity index (χ4v) is 3.77. The number of nitrogens with zero attached hydrogens (tertiary/aromatic N) is 2. The smallest absolute Gasteiger partial charge is 0.315 e. The van der Waals surface area contributed by atoms with Gasteiger partial charge in [0, 0.05) is 48.3 Å². The zero-order valence-electron chi connectivity index (χ0n) is 15.9. The van der Waals surface area contributed by atoms with Gasteiger partial charge < -0.3 is 9.47 Å². The summed E-state index contributed by atoms with van der Waals surface area (Å²) in [6, 6.07) is 3.73. The van der Waals surface area contributed by atoms with Gasteiger partial charge >= 0.3 is 5.97 Å². The van der Waals surface area contributed by atoms with Crippen LogP contribution in [0, 0.1) is 5.92 Å². The maximum Gasteiger partial charge on any atom is 0.315 e. The molecule has 6 nitrogen and oxygen atoms in total. The SMILES string of the molecule is CCCOCCOC(=O)C1C(C)=NC2=C(C(=O)CCC2)[C@@H]1c1cccnc1. The van der Waals surface area contributed by atoms with Gasteiger partial charge in [0.2, 0.25) is 0 Å². The van der Waals surface area contributed by atoms with Crippen molar-refractivity contribution in [3.05, 3.63) is 41.4 Å². The second kappa shape index (κ2) is 9.04. The summed E-state index contributed by atoms with van der Waals surface area (Å²) >= 11 is 0. The summed E-state index contributed by atoms with van der Waals surface area (Å²) in [5, 5.41) is 0. The van der Waals surface area contributed by atoms with Crippen LogP contribution >= 0.6 is 0 Å². The van der Waals surface area contributed by atoms with Gasteiger partial charge in [-0.25, -0.2) is 0 Å². The zero-order valence-corrected chi connectivity index (χ0v) is 15.9. The molecule has 0 radical (unpaired) electrons. The monoisotopic (exact) mass is 370 g/mol. The second-order valence-corrected chi connectivity index (χ2v) is 6.91. The summed E-state index contributed by atoms with van der Waals surface area (Å²) in [6.45, 7) is 5.07. The number of hydrogen-bond donors (Lipinski definition) is 0. The van der Waals surface area contributed by atoms with Crippen LogP contribution in [0.1, 0.15) is 51.0 Å². The summed E-state index contributed by atoms with van der Waals surface area (Å²) in [6.07, 6.45) is 6.39. The molecule has 144 valence electrons. The van der Waals surface area contributed by atoms with Crippen LogP contribution in [0.15, 0.2) is 40.8 Å². The van der Waals surface area contributed by atoms with E-state index in [9.17, 15) is 9.59 Å². The molecule has 0 N–H and O–H groups in total. The fourth-order valence-electron chi connectivity index (χ4n) is 3.77. The van der Waals surface area contributed by atoms with Crippen molar-refractivity contribution >= 4 is 17.5 Å². The molecule has 0 fully saturated rings. The van der Waals surface area contributed by atoms with Crippen LogP contribution < -0.4 is 0 Å². The van der Waals surface area contributed by atoms with Crippen LogP contribution in [-0.4, -0.2) is 42.3 Å². The predicted molar refractivity (Wildman–Crippen MR) is 102 cm³/mol. The average Bonchev–Trinajstić information content (AvgIpc) is 2.67. The molecule has 1 unspecified atom stereocenters. The number of Topliss-reactive ketones (excluding diaryl/α,β-unsaturated/α-hetero) is 1. The van der Waals surface area contributed by atoms with E-state index in [4.69, 9.17) is 9.47 Å². The largest absolute Gasteiger partial charge is 0.463 e. The first-order valence-corrected chi connectivity index (χ1v) is 9.59. The fraction of sp³-hybridized carbons (Fsp3) is 0.524. The summed E-state index contributed by atoms with van der Waals surface area (Å²) in [7, 11) is 0. The van der Waals surface area contributed by atoms with Crippen molar-refractivity contribution in [2.75, 3.05) is 19.8 Å². The van der Waals surface area contributed by atoms with Gasteiger partial charge in [-0.3, -0.25) is 19.6 Å². The summed E-state index contributed by atoms with van der Waals surface area (Å²) < 4.78 is 10.8. The van der Waals surface area contributed by atoms with Gasteiger partial charge in [0.1, 0.15) is 12.5 Å². The van der Waals surface area contributed by atoms with Crippen molar-refractivity contribution in [1.29, 1.82) is 0 Å². The molecule has 0 bridgehead atoms. The van der Waals surface area contributed by atoms with E-state index in [0.29, 0.717) is 30.9 Å². The molecule has 0 saturated heterocycles. The Kier molecular flexibility index (Phi) is 6.50. The van der Waals surface area contributed by atoms with Crippen LogP contribution in [0.4, 0.5) is 0 Å². The highest BCUT2D eigenvalue weighted by atomic mass is 16.6. The molecule has 2 aliphatic rings. The molecule has 1 aromatic heterocycles. The Bertz CT molecular complexity index is 755. The van der Waals surface area contributed by atoms with Crippen LogP contribution in [0.2, 0.25) is 0 Å². The van der Waals surface area contributed by atoms with E-state index < -0.39 is 5.92 Å². The van der Waals surface area contributed by atoms with E-state index in [1.54, 1.807) is 12.4 Å².